The average molecular weight is 218 g/mol. The summed E-state index contributed by atoms with van der Waals surface area (Å²) >= 11 is 1.86. The van der Waals surface area contributed by atoms with Gasteiger partial charge in [0.2, 0.25) is 0 Å². The number of rotatable bonds is 3. The molecule has 0 bridgehead atoms. The van der Waals surface area contributed by atoms with E-state index in [0.717, 1.165) is 11.6 Å². The van der Waals surface area contributed by atoms with Crippen molar-refractivity contribution in [2.24, 2.45) is 7.05 Å². The lowest BCUT2D eigenvalue weighted by molar-refractivity contribution is 0.924. The number of hydrogen-bond donors (Lipinski definition) is 0. The first-order chi connectivity index (χ1) is 7.31. The van der Waals surface area contributed by atoms with Crippen LogP contribution in [0.25, 0.3) is 11.4 Å². The Morgan fingerprint density at radius 2 is 2.00 bits per heavy atom. The average Bonchev–Trinajstić information content (AvgIpc) is 2.66. The fourth-order valence-corrected chi connectivity index (χ4v) is 2.17. The first kappa shape index (κ1) is 10.3. The number of hydrogen-bond acceptors (Lipinski definition) is 2. The van der Waals surface area contributed by atoms with Gasteiger partial charge in [0.15, 0.2) is 0 Å². The first-order valence-corrected chi connectivity index (χ1v) is 6.00. The molecular formula is C12H14N2S. The molecule has 0 radical (unpaired) electrons. The van der Waals surface area contributed by atoms with Crippen LogP contribution in [-0.4, -0.2) is 15.3 Å². The van der Waals surface area contributed by atoms with Gasteiger partial charge in [0.1, 0.15) is 5.82 Å². The largest absolute Gasteiger partial charge is 0.334 e. The minimum Gasteiger partial charge on any atom is -0.334 e. The molecule has 0 aliphatic rings. The van der Waals surface area contributed by atoms with Gasteiger partial charge in [-0.25, -0.2) is 4.98 Å². The van der Waals surface area contributed by atoms with Crippen molar-refractivity contribution in [1.29, 1.82) is 0 Å². The van der Waals surface area contributed by atoms with Gasteiger partial charge in [-0.05, 0) is 17.9 Å². The van der Waals surface area contributed by atoms with Crippen LogP contribution in [0.15, 0.2) is 41.6 Å². The molecule has 0 N–H and O–H groups in total. The molecule has 78 valence electrons. The normalized spacial score (nSPS) is 10.5. The number of benzene rings is 1. The number of aryl methyl sites for hydroxylation is 1. The van der Waals surface area contributed by atoms with Crippen LogP contribution in [0.2, 0.25) is 0 Å². The van der Waals surface area contributed by atoms with Crippen LogP contribution in [0.3, 0.4) is 0 Å². The van der Waals surface area contributed by atoms with E-state index in [-0.39, 0.29) is 0 Å². The Labute approximate surface area is 94.3 Å². The monoisotopic (exact) mass is 218 g/mol. The van der Waals surface area contributed by atoms with E-state index in [0.29, 0.717) is 0 Å². The van der Waals surface area contributed by atoms with Gasteiger partial charge in [-0.2, -0.15) is 0 Å². The minimum atomic E-state index is 1.02. The van der Waals surface area contributed by atoms with Crippen molar-refractivity contribution >= 4 is 11.8 Å². The van der Waals surface area contributed by atoms with Gasteiger partial charge in [0.05, 0.1) is 0 Å². The summed E-state index contributed by atoms with van der Waals surface area (Å²) in [6, 6.07) is 8.55. The molecule has 2 aromatic rings. The molecule has 3 heteroatoms. The van der Waals surface area contributed by atoms with Crippen molar-refractivity contribution in [1.82, 2.24) is 9.55 Å². The maximum atomic E-state index is 4.32. The van der Waals surface area contributed by atoms with Gasteiger partial charge in [-0.3, -0.25) is 0 Å². The highest BCUT2D eigenvalue weighted by Crippen LogP contribution is 2.22. The number of imidazole rings is 1. The second-order valence-electron chi connectivity index (χ2n) is 3.32. The van der Waals surface area contributed by atoms with Crippen molar-refractivity contribution in [3.8, 4) is 11.4 Å². The summed E-state index contributed by atoms with van der Waals surface area (Å²) in [5.74, 6) is 2.13. The van der Waals surface area contributed by atoms with Crippen LogP contribution in [0, 0.1) is 0 Å². The third kappa shape index (κ3) is 2.23. The lowest BCUT2D eigenvalue weighted by atomic mass is 10.2. The van der Waals surface area contributed by atoms with E-state index in [1.807, 2.05) is 35.8 Å². The van der Waals surface area contributed by atoms with Gasteiger partial charge in [0, 0.05) is 29.9 Å². The Balaban J connectivity index is 2.28. The molecular weight excluding hydrogens is 204 g/mol. The van der Waals surface area contributed by atoms with Gasteiger partial charge in [-0.1, -0.05) is 19.1 Å². The van der Waals surface area contributed by atoms with Gasteiger partial charge in [0.25, 0.3) is 0 Å². The zero-order valence-corrected chi connectivity index (χ0v) is 9.79. The summed E-state index contributed by atoms with van der Waals surface area (Å²) in [7, 11) is 2.01. The summed E-state index contributed by atoms with van der Waals surface area (Å²) in [5, 5.41) is 0. The number of nitrogens with zero attached hydrogens (tertiary/aromatic N) is 2. The molecule has 0 aliphatic heterocycles. The Hall–Kier alpha value is -1.22. The molecule has 0 spiro atoms. The maximum absolute atomic E-state index is 4.32. The van der Waals surface area contributed by atoms with Gasteiger partial charge < -0.3 is 4.57 Å². The van der Waals surface area contributed by atoms with Crippen LogP contribution in [0.1, 0.15) is 6.92 Å². The zero-order valence-electron chi connectivity index (χ0n) is 8.97. The Bertz CT molecular complexity index is 431. The van der Waals surface area contributed by atoms with Crippen molar-refractivity contribution in [3.63, 3.8) is 0 Å². The molecule has 0 atom stereocenters. The van der Waals surface area contributed by atoms with Crippen LogP contribution >= 0.6 is 11.8 Å². The molecule has 1 aromatic carbocycles. The van der Waals surface area contributed by atoms with E-state index in [1.165, 1.54) is 10.5 Å². The second kappa shape index (κ2) is 4.53. The highest BCUT2D eigenvalue weighted by molar-refractivity contribution is 7.99. The number of thioether (sulfide) groups is 1. The minimum absolute atomic E-state index is 1.02. The van der Waals surface area contributed by atoms with Crippen molar-refractivity contribution < 1.29 is 0 Å². The molecule has 1 aromatic heterocycles. The van der Waals surface area contributed by atoms with Gasteiger partial charge >= 0.3 is 0 Å². The molecule has 0 fully saturated rings. The summed E-state index contributed by atoms with van der Waals surface area (Å²) < 4.78 is 2.03. The smallest absolute Gasteiger partial charge is 0.139 e. The summed E-state index contributed by atoms with van der Waals surface area (Å²) in [4.78, 5) is 5.63. The molecule has 1 heterocycles. The quantitative estimate of drug-likeness (QED) is 0.736. The molecule has 15 heavy (non-hydrogen) atoms. The summed E-state index contributed by atoms with van der Waals surface area (Å²) in [5.41, 5.74) is 1.17. The predicted octanol–water partition coefficient (Wildman–Crippen LogP) is 3.20. The molecule has 0 unspecified atom stereocenters. The first-order valence-electron chi connectivity index (χ1n) is 5.02. The van der Waals surface area contributed by atoms with E-state index >= 15 is 0 Å². The molecule has 0 saturated carbocycles. The van der Waals surface area contributed by atoms with Crippen LogP contribution < -0.4 is 0 Å². The third-order valence-electron chi connectivity index (χ3n) is 2.24. The molecule has 0 amide bonds. The molecule has 0 aliphatic carbocycles. The third-order valence-corrected chi connectivity index (χ3v) is 3.14. The van der Waals surface area contributed by atoms with Crippen molar-refractivity contribution in [2.45, 2.75) is 11.8 Å². The number of aromatic nitrogens is 2. The van der Waals surface area contributed by atoms with Crippen molar-refractivity contribution in [3.05, 3.63) is 36.7 Å². The SMILES string of the molecule is CCSc1ccc(-c2nccn2C)cc1. The summed E-state index contributed by atoms with van der Waals surface area (Å²) in [6.07, 6.45) is 3.79. The zero-order chi connectivity index (χ0) is 10.7. The lowest BCUT2D eigenvalue weighted by Crippen LogP contribution is -1.90. The van der Waals surface area contributed by atoms with Crippen LogP contribution in [0.4, 0.5) is 0 Å². The summed E-state index contributed by atoms with van der Waals surface area (Å²) in [6.45, 7) is 2.16. The Kier molecular flexibility index (Phi) is 3.11. The van der Waals surface area contributed by atoms with E-state index in [2.05, 4.69) is 36.2 Å². The Morgan fingerprint density at radius 3 is 2.53 bits per heavy atom. The lowest BCUT2D eigenvalue weighted by Gasteiger charge is -2.03. The predicted molar refractivity (Wildman–Crippen MR) is 65.0 cm³/mol. The van der Waals surface area contributed by atoms with E-state index in [4.69, 9.17) is 0 Å². The topological polar surface area (TPSA) is 17.8 Å². The van der Waals surface area contributed by atoms with E-state index in [9.17, 15) is 0 Å². The van der Waals surface area contributed by atoms with Crippen LogP contribution in [0.5, 0.6) is 0 Å². The molecule has 2 nitrogen and oxygen atoms in total. The highest BCUT2D eigenvalue weighted by atomic mass is 32.2. The van der Waals surface area contributed by atoms with E-state index in [1.54, 1.807) is 0 Å². The molecule has 0 saturated heterocycles. The van der Waals surface area contributed by atoms with Crippen LogP contribution in [-0.2, 0) is 7.05 Å². The van der Waals surface area contributed by atoms with Crippen molar-refractivity contribution in [2.75, 3.05) is 5.75 Å². The fraction of sp³-hybridized carbons (Fsp3) is 0.250. The fourth-order valence-electron chi connectivity index (χ4n) is 1.51. The molecule has 2 rings (SSSR count). The highest BCUT2D eigenvalue weighted by Gasteiger charge is 2.02. The Morgan fingerprint density at radius 1 is 1.27 bits per heavy atom. The second-order valence-corrected chi connectivity index (χ2v) is 4.66. The van der Waals surface area contributed by atoms with E-state index < -0.39 is 0 Å². The maximum Gasteiger partial charge on any atom is 0.139 e. The van der Waals surface area contributed by atoms with Gasteiger partial charge in [-0.15, -0.1) is 11.8 Å². The standard InChI is InChI=1S/C12H14N2S/c1-3-15-11-6-4-10(5-7-11)12-13-8-9-14(12)2/h4-9H,3H2,1-2H3.